The van der Waals surface area contributed by atoms with Crippen molar-refractivity contribution in [3.63, 3.8) is 0 Å². The zero-order chi connectivity index (χ0) is 26.7. The second kappa shape index (κ2) is 7.68. The molecule has 0 radical (unpaired) electrons. The molecule has 0 N–H and O–H groups in total. The van der Waals surface area contributed by atoms with Gasteiger partial charge in [0.2, 0.25) is 5.88 Å². The molecule has 0 saturated carbocycles. The Kier molecular flexibility index (Phi) is 4.04. The van der Waals surface area contributed by atoms with Gasteiger partial charge in [-0.15, -0.1) is 11.3 Å². The van der Waals surface area contributed by atoms with Gasteiger partial charge in [-0.3, -0.25) is 4.57 Å². The lowest BCUT2D eigenvalue weighted by Crippen LogP contribution is -2.03. The summed E-state index contributed by atoms with van der Waals surface area (Å²) < 4.78 is 11.2. The second-order valence-electron chi connectivity index (χ2n) is 10.6. The zero-order valence-electron chi connectivity index (χ0n) is 21.6. The van der Waals surface area contributed by atoms with Crippen LogP contribution in [0.3, 0.4) is 0 Å². The first-order valence-electron chi connectivity index (χ1n) is 13.7. The predicted molar refractivity (Wildman–Crippen MR) is 170 cm³/mol. The molecule has 41 heavy (non-hydrogen) atoms. The monoisotopic (exact) mass is 541 g/mol. The summed E-state index contributed by atoms with van der Waals surface area (Å²) in [4.78, 5) is 9.85. The van der Waals surface area contributed by atoms with Gasteiger partial charge in [0.25, 0.3) is 0 Å². The quantitative estimate of drug-likeness (QED) is 0.208. The maximum Gasteiger partial charge on any atom is 0.227 e. The summed E-state index contributed by atoms with van der Waals surface area (Å²) in [5, 5.41) is 8.68. The van der Waals surface area contributed by atoms with Gasteiger partial charge in [0.05, 0.1) is 26.6 Å². The van der Waals surface area contributed by atoms with E-state index in [1.165, 1.54) is 47.2 Å². The first-order valence-corrected chi connectivity index (χ1v) is 14.5. The van der Waals surface area contributed by atoms with Crippen molar-refractivity contribution < 1.29 is 4.74 Å². The summed E-state index contributed by atoms with van der Waals surface area (Å²) in [5.74, 6) is 2.31. The van der Waals surface area contributed by atoms with Gasteiger partial charge in [0, 0.05) is 43.6 Å². The number of hydrogen-bond acceptors (Lipinski definition) is 4. The van der Waals surface area contributed by atoms with E-state index in [9.17, 15) is 0 Å². The van der Waals surface area contributed by atoms with Gasteiger partial charge >= 0.3 is 0 Å². The SMILES string of the molecule is c1cnc2c(c1)-c1cc(-n3c4ccccc4c4c5ccccc5c5c6ccccc6sc5c43)nc3cccc(c13)O2. The molecule has 0 atom stereocenters. The van der Waals surface area contributed by atoms with Gasteiger partial charge in [-0.05, 0) is 53.2 Å². The fourth-order valence-corrected chi connectivity index (χ4v) is 8.06. The van der Waals surface area contributed by atoms with Crippen molar-refractivity contribution in [2.75, 3.05) is 0 Å². The van der Waals surface area contributed by atoms with Gasteiger partial charge < -0.3 is 4.74 Å². The lowest BCUT2D eigenvalue weighted by atomic mass is 9.98. The van der Waals surface area contributed by atoms with Gasteiger partial charge in [-0.1, -0.05) is 66.7 Å². The van der Waals surface area contributed by atoms with E-state index < -0.39 is 0 Å². The average molecular weight is 542 g/mol. The first kappa shape index (κ1) is 21.5. The molecule has 190 valence electrons. The van der Waals surface area contributed by atoms with Crippen molar-refractivity contribution in [2.24, 2.45) is 0 Å². The van der Waals surface area contributed by atoms with E-state index in [-0.39, 0.29) is 0 Å². The maximum absolute atomic E-state index is 6.20. The van der Waals surface area contributed by atoms with E-state index in [2.05, 4.69) is 101 Å². The van der Waals surface area contributed by atoms with E-state index in [0.29, 0.717) is 5.88 Å². The number of thiophene rings is 1. The highest BCUT2D eigenvalue weighted by molar-refractivity contribution is 7.27. The van der Waals surface area contributed by atoms with Crippen LogP contribution in [0.25, 0.3) is 80.6 Å². The lowest BCUT2D eigenvalue weighted by molar-refractivity contribution is 0.467. The molecule has 5 aromatic carbocycles. The smallest absolute Gasteiger partial charge is 0.227 e. The van der Waals surface area contributed by atoms with Crippen molar-refractivity contribution in [2.45, 2.75) is 0 Å². The Hall–Kier alpha value is -5.26. The minimum absolute atomic E-state index is 0.629. The van der Waals surface area contributed by atoms with Gasteiger partial charge in [-0.25, -0.2) is 9.97 Å². The normalized spacial score (nSPS) is 12.6. The Morgan fingerprint density at radius 1 is 0.634 bits per heavy atom. The molecule has 1 aliphatic heterocycles. The van der Waals surface area contributed by atoms with Crippen LogP contribution in [0.15, 0.2) is 115 Å². The van der Waals surface area contributed by atoms with Crippen molar-refractivity contribution in [1.29, 1.82) is 0 Å². The predicted octanol–water partition coefficient (Wildman–Crippen LogP) is 10.0. The summed E-state index contributed by atoms with van der Waals surface area (Å²) in [7, 11) is 0. The van der Waals surface area contributed by atoms with Crippen LogP contribution >= 0.6 is 11.3 Å². The third-order valence-electron chi connectivity index (χ3n) is 8.43. The van der Waals surface area contributed by atoms with Crippen molar-refractivity contribution >= 4 is 75.0 Å². The second-order valence-corrected chi connectivity index (χ2v) is 11.6. The van der Waals surface area contributed by atoms with E-state index in [1.54, 1.807) is 6.20 Å². The topological polar surface area (TPSA) is 39.9 Å². The van der Waals surface area contributed by atoms with Gasteiger partial charge in [0.15, 0.2) is 0 Å². The maximum atomic E-state index is 6.20. The van der Waals surface area contributed by atoms with Gasteiger partial charge in [0.1, 0.15) is 11.6 Å². The third kappa shape index (κ3) is 2.73. The molecule has 5 heterocycles. The Balaban J connectivity index is 1.46. The molecule has 0 aliphatic carbocycles. The molecular weight excluding hydrogens is 522 g/mol. The molecule has 0 saturated heterocycles. The first-order chi connectivity index (χ1) is 20.3. The van der Waals surface area contributed by atoms with Crippen molar-refractivity contribution in [3.8, 4) is 28.6 Å². The fourth-order valence-electron chi connectivity index (χ4n) is 6.80. The highest BCUT2D eigenvalue weighted by atomic mass is 32.1. The van der Waals surface area contributed by atoms with Crippen LogP contribution in [0.2, 0.25) is 0 Å². The molecule has 0 bridgehead atoms. The van der Waals surface area contributed by atoms with Crippen LogP contribution in [0, 0.1) is 0 Å². The minimum Gasteiger partial charge on any atom is -0.438 e. The molecule has 9 aromatic rings. The highest BCUT2D eigenvalue weighted by Gasteiger charge is 2.25. The molecule has 1 aliphatic rings. The summed E-state index contributed by atoms with van der Waals surface area (Å²) in [5.41, 5.74) is 5.33. The molecule has 0 fully saturated rings. The highest BCUT2D eigenvalue weighted by Crippen LogP contribution is 2.49. The van der Waals surface area contributed by atoms with Crippen LogP contribution < -0.4 is 4.74 Å². The molecule has 4 aromatic heterocycles. The number of nitrogens with zero attached hydrogens (tertiary/aromatic N) is 3. The molecule has 0 amide bonds. The summed E-state index contributed by atoms with van der Waals surface area (Å²) >= 11 is 1.87. The minimum atomic E-state index is 0.629. The van der Waals surface area contributed by atoms with E-state index in [4.69, 9.17) is 9.72 Å². The molecule has 0 unspecified atom stereocenters. The Morgan fingerprint density at radius 2 is 1.41 bits per heavy atom. The molecule has 4 nitrogen and oxygen atoms in total. The molecule has 0 spiro atoms. The average Bonchev–Trinajstić information content (AvgIpc) is 3.58. The van der Waals surface area contributed by atoms with Crippen molar-refractivity contribution in [1.82, 2.24) is 14.5 Å². The van der Waals surface area contributed by atoms with Crippen LogP contribution in [-0.4, -0.2) is 14.5 Å². The van der Waals surface area contributed by atoms with Crippen LogP contribution in [0.5, 0.6) is 11.6 Å². The number of ether oxygens (including phenoxy) is 1. The van der Waals surface area contributed by atoms with Crippen LogP contribution in [-0.2, 0) is 0 Å². The summed E-state index contributed by atoms with van der Waals surface area (Å²) in [6, 6.07) is 38.7. The zero-order valence-corrected chi connectivity index (χ0v) is 22.4. The number of aromatic nitrogens is 3. The number of para-hydroxylation sites is 1. The van der Waals surface area contributed by atoms with Crippen LogP contribution in [0.1, 0.15) is 0 Å². The number of benzene rings is 5. The van der Waals surface area contributed by atoms with E-state index >= 15 is 0 Å². The number of pyridine rings is 2. The molecule has 5 heteroatoms. The third-order valence-corrected chi connectivity index (χ3v) is 9.61. The standard InChI is InChI=1S/C36H19N3OS/c1-2-10-21-20(9-1)31-23-11-3-5-15-27(23)39(34(31)35-32(21)24-12-4-6-17-29(24)41-35)30-19-25-22-13-8-18-37-36(22)40-28-16-7-14-26(38-30)33(25)28/h1-19H. The van der Waals surface area contributed by atoms with E-state index in [1.807, 2.05) is 29.5 Å². The summed E-state index contributed by atoms with van der Waals surface area (Å²) in [6.45, 7) is 0. The Morgan fingerprint density at radius 3 is 2.32 bits per heavy atom. The number of fused-ring (bicyclic) bond motifs is 12. The van der Waals surface area contributed by atoms with E-state index in [0.717, 1.165) is 39.1 Å². The fraction of sp³-hybridized carbons (Fsp3) is 0. The number of hydrogen-bond donors (Lipinski definition) is 0. The van der Waals surface area contributed by atoms with Gasteiger partial charge in [-0.2, -0.15) is 0 Å². The lowest BCUT2D eigenvalue weighted by Gasteiger charge is -2.21. The molecular formula is C36H19N3OS. The molecule has 10 rings (SSSR count). The Bertz CT molecular complexity index is 2580. The summed E-state index contributed by atoms with van der Waals surface area (Å²) in [6.07, 6.45) is 1.78. The van der Waals surface area contributed by atoms with Crippen molar-refractivity contribution in [3.05, 3.63) is 115 Å². The largest absolute Gasteiger partial charge is 0.438 e. The number of rotatable bonds is 1. The van der Waals surface area contributed by atoms with Crippen LogP contribution in [0.4, 0.5) is 0 Å². The Labute approximate surface area is 237 Å².